The number of likely N-dealkylation sites (tertiary alicyclic amines) is 2. The molecular formula is C31H48N4O7. The second kappa shape index (κ2) is 14.9. The lowest BCUT2D eigenvalue weighted by molar-refractivity contribution is -0.144. The number of nitrogens with zero attached hydrogens (tertiary/aromatic N) is 4. The molecule has 234 valence electrons. The van der Waals surface area contributed by atoms with Gasteiger partial charge in [-0.2, -0.15) is 0 Å². The van der Waals surface area contributed by atoms with Crippen molar-refractivity contribution >= 4 is 17.8 Å². The number of hydrogen-bond acceptors (Lipinski definition) is 8. The van der Waals surface area contributed by atoms with Gasteiger partial charge in [0, 0.05) is 51.1 Å². The summed E-state index contributed by atoms with van der Waals surface area (Å²) in [6.07, 6.45) is 5.71. The first kappa shape index (κ1) is 31.9. The molecule has 1 aromatic rings. The van der Waals surface area contributed by atoms with E-state index in [0.717, 1.165) is 44.2 Å². The first-order valence-corrected chi connectivity index (χ1v) is 15.4. The fourth-order valence-corrected chi connectivity index (χ4v) is 6.50. The van der Waals surface area contributed by atoms with E-state index in [1.807, 2.05) is 40.9 Å². The van der Waals surface area contributed by atoms with E-state index in [9.17, 15) is 19.5 Å². The van der Waals surface area contributed by atoms with Gasteiger partial charge in [-0.1, -0.05) is 13.3 Å². The smallest absolute Gasteiger partial charge is 0.308 e. The maximum absolute atomic E-state index is 13.8. The van der Waals surface area contributed by atoms with Gasteiger partial charge >= 0.3 is 5.97 Å². The third-order valence-electron chi connectivity index (χ3n) is 8.76. The van der Waals surface area contributed by atoms with Gasteiger partial charge < -0.3 is 34.0 Å². The van der Waals surface area contributed by atoms with Crippen LogP contribution in [0.1, 0.15) is 63.4 Å². The monoisotopic (exact) mass is 588 g/mol. The van der Waals surface area contributed by atoms with Crippen LogP contribution in [0.4, 0.5) is 0 Å². The molecule has 3 aliphatic rings. The standard InChI is InChI=1S/C31H48N4O7/c1-5-6-13-33(14-8-7-12-32(2)3)28(37)20-35-19-23(22-17-25(40-4)30-26(18-22)41-21-42-30)29(31(38)39)24(35)11-16-34-15-9-10-27(34)36/h17-18,23-24,29H,5-16,19-21H2,1-4H3,(H,38,39)/t23?,24-,29+/m1/s1. The second-order valence-electron chi connectivity index (χ2n) is 11.9. The molecule has 0 saturated carbocycles. The van der Waals surface area contributed by atoms with Crippen molar-refractivity contribution in [2.24, 2.45) is 5.92 Å². The van der Waals surface area contributed by atoms with Gasteiger partial charge in [-0.15, -0.1) is 0 Å². The lowest BCUT2D eigenvalue weighted by Gasteiger charge is -2.31. The van der Waals surface area contributed by atoms with E-state index in [2.05, 4.69) is 11.8 Å². The molecule has 4 rings (SSSR count). The normalized spacial score (nSPS) is 21.9. The fraction of sp³-hybridized carbons (Fsp3) is 0.710. The van der Waals surface area contributed by atoms with Crippen molar-refractivity contribution in [3.05, 3.63) is 17.7 Å². The van der Waals surface area contributed by atoms with Crippen LogP contribution < -0.4 is 14.2 Å². The van der Waals surface area contributed by atoms with Crippen LogP contribution in [-0.4, -0.2) is 122 Å². The van der Waals surface area contributed by atoms with Gasteiger partial charge in [0.2, 0.25) is 24.4 Å². The second-order valence-corrected chi connectivity index (χ2v) is 11.9. The minimum absolute atomic E-state index is 0.0311. The number of fused-ring (bicyclic) bond motifs is 1. The lowest BCUT2D eigenvalue weighted by Crippen LogP contribution is -2.45. The molecule has 1 N–H and O–H groups in total. The van der Waals surface area contributed by atoms with Crippen LogP contribution >= 0.6 is 0 Å². The van der Waals surface area contributed by atoms with E-state index in [1.54, 1.807) is 7.11 Å². The number of carbonyl (C=O) groups is 3. The Hall–Kier alpha value is -3.05. The number of rotatable bonds is 16. The summed E-state index contributed by atoms with van der Waals surface area (Å²) in [5.41, 5.74) is 0.784. The molecule has 0 aromatic heterocycles. The van der Waals surface area contributed by atoms with Gasteiger partial charge in [0.1, 0.15) is 0 Å². The van der Waals surface area contributed by atoms with Crippen molar-refractivity contribution in [3.8, 4) is 17.2 Å². The third-order valence-corrected chi connectivity index (χ3v) is 8.76. The summed E-state index contributed by atoms with van der Waals surface area (Å²) in [6.45, 7) is 6.30. The zero-order valence-electron chi connectivity index (χ0n) is 25.7. The van der Waals surface area contributed by atoms with Gasteiger partial charge in [-0.05, 0) is 70.4 Å². The minimum Gasteiger partial charge on any atom is -0.493 e. The average Bonchev–Trinajstić information content (AvgIpc) is 3.69. The molecule has 1 aromatic carbocycles. The zero-order valence-corrected chi connectivity index (χ0v) is 25.7. The Kier molecular flexibility index (Phi) is 11.3. The van der Waals surface area contributed by atoms with Gasteiger partial charge in [-0.3, -0.25) is 19.3 Å². The van der Waals surface area contributed by atoms with E-state index in [4.69, 9.17) is 14.2 Å². The number of carboxylic acids is 1. The summed E-state index contributed by atoms with van der Waals surface area (Å²) in [5, 5.41) is 10.6. The fourth-order valence-electron chi connectivity index (χ4n) is 6.50. The zero-order chi connectivity index (χ0) is 30.2. The number of carboxylic acid groups (broad SMARTS) is 1. The van der Waals surface area contributed by atoms with E-state index in [0.29, 0.717) is 62.8 Å². The molecule has 0 aliphatic carbocycles. The molecule has 0 spiro atoms. The van der Waals surface area contributed by atoms with Crippen molar-refractivity contribution in [1.29, 1.82) is 0 Å². The number of benzene rings is 1. The highest BCUT2D eigenvalue weighted by molar-refractivity contribution is 5.79. The lowest BCUT2D eigenvalue weighted by atomic mass is 9.84. The number of unbranched alkanes of at least 4 members (excludes halogenated alkanes) is 2. The summed E-state index contributed by atoms with van der Waals surface area (Å²) in [7, 11) is 5.65. The molecule has 3 atom stereocenters. The summed E-state index contributed by atoms with van der Waals surface area (Å²) in [5.74, 6) is -0.357. The molecule has 0 radical (unpaired) electrons. The number of methoxy groups -OCH3 is 1. The van der Waals surface area contributed by atoms with Crippen molar-refractivity contribution < 1.29 is 33.7 Å². The summed E-state index contributed by atoms with van der Waals surface area (Å²) >= 11 is 0. The Morgan fingerprint density at radius 1 is 1.12 bits per heavy atom. The predicted molar refractivity (Wildman–Crippen MR) is 158 cm³/mol. The van der Waals surface area contributed by atoms with Gasteiger partial charge in [-0.25, -0.2) is 0 Å². The molecule has 2 fully saturated rings. The van der Waals surface area contributed by atoms with E-state index in [1.165, 1.54) is 0 Å². The maximum atomic E-state index is 13.8. The van der Waals surface area contributed by atoms with Crippen LogP contribution in [0.3, 0.4) is 0 Å². The molecule has 3 aliphatic heterocycles. The van der Waals surface area contributed by atoms with Crippen molar-refractivity contribution in [2.75, 3.05) is 73.8 Å². The van der Waals surface area contributed by atoms with Crippen LogP contribution in [0, 0.1) is 5.92 Å². The molecule has 0 bridgehead atoms. The predicted octanol–water partition coefficient (Wildman–Crippen LogP) is 2.88. The number of aliphatic carboxylic acids is 1. The minimum atomic E-state index is -0.907. The molecule has 2 saturated heterocycles. The van der Waals surface area contributed by atoms with Crippen LogP contribution in [0.2, 0.25) is 0 Å². The highest BCUT2D eigenvalue weighted by Crippen LogP contribution is 2.47. The number of carbonyl (C=O) groups excluding carboxylic acids is 2. The molecule has 11 heteroatoms. The van der Waals surface area contributed by atoms with Crippen molar-refractivity contribution in [1.82, 2.24) is 19.6 Å². The SMILES string of the molecule is CCCCN(CCCCN(C)C)C(=O)CN1CC(c2cc(OC)c3c(c2)OCO3)[C@H](C(=O)O)[C@H]1CCN1CCCC1=O. The molecular weight excluding hydrogens is 540 g/mol. The van der Waals surface area contributed by atoms with Gasteiger partial charge in [0.15, 0.2) is 11.5 Å². The third kappa shape index (κ3) is 7.66. The average molecular weight is 589 g/mol. The maximum Gasteiger partial charge on any atom is 0.308 e. The van der Waals surface area contributed by atoms with E-state index < -0.39 is 17.9 Å². The van der Waals surface area contributed by atoms with Crippen LogP contribution in [-0.2, 0) is 14.4 Å². The Balaban J connectivity index is 1.58. The Labute approximate surface area is 249 Å². The number of hydrogen-bond donors (Lipinski definition) is 1. The van der Waals surface area contributed by atoms with Crippen molar-refractivity contribution in [3.63, 3.8) is 0 Å². The summed E-state index contributed by atoms with van der Waals surface area (Å²) in [6, 6.07) is 3.28. The van der Waals surface area contributed by atoms with Crippen molar-refractivity contribution in [2.45, 2.75) is 63.8 Å². The van der Waals surface area contributed by atoms with Crippen LogP contribution in [0.15, 0.2) is 12.1 Å². The Morgan fingerprint density at radius 2 is 1.88 bits per heavy atom. The van der Waals surface area contributed by atoms with Gasteiger partial charge in [0.25, 0.3) is 0 Å². The Bertz CT molecular complexity index is 1100. The topological polar surface area (TPSA) is 112 Å². The first-order valence-electron chi connectivity index (χ1n) is 15.4. The summed E-state index contributed by atoms with van der Waals surface area (Å²) < 4.78 is 16.8. The molecule has 42 heavy (non-hydrogen) atoms. The highest BCUT2D eigenvalue weighted by Gasteiger charge is 2.48. The quantitative estimate of drug-likeness (QED) is 0.291. The van der Waals surface area contributed by atoms with Crippen LogP contribution in [0.5, 0.6) is 17.2 Å². The van der Waals surface area contributed by atoms with Gasteiger partial charge in [0.05, 0.1) is 19.6 Å². The van der Waals surface area contributed by atoms with E-state index in [-0.39, 0.29) is 31.1 Å². The van der Waals surface area contributed by atoms with Crippen LogP contribution in [0.25, 0.3) is 0 Å². The number of ether oxygens (including phenoxy) is 3. The largest absolute Gasteiger partial charge is 0.493 e. The highest BCUT2D eigenvalue weighted by atomic mass is 16.7. The number of amides is 2. The van der Waals surface area contributed by atoms with E-state index >= 15 is 0 Å². The Morgan fingerprint density at radius 3 is 2.55 bits per heavy atom. The molecule has 1 unspecified atom stereocenters. The summed E-state index contributed by atoms with van der Waals surface area (Å²) in [4.78, 5) is 47.0. The molecule has 2 amide bonds. The first-order chi connectivity index (χ1) is 20.2. The molecule has 3 heterocycles. The molecule has 11 nitrogen and oxygen atoms in total.